The number of rotatable bonds is 6. The minimum absolute atomic E-state index is 0.0153. The van der Waals surface area contributed by atoms with E-state index in [0.717, 1.165) is 11.1 Å². The van der Waals surface area contributed by atoms with Gasteiger partial charge in [0, 0.05) is 25.3 Å². The first-order chi connectivity index (χ1) is 10.1. The van der Waals surface area contributed by atoms with Crippen LogP contribution in [0.1, 0.15) is 35.3 Å². The zero-order valence-electron chi connectivity index (χ0n) is 13.1. The molecule has 21 heavy (non-hydrogen) atoms. The maximum Gasteiger partial charge on any atom is 0.255 e. The molecule has 1 aromatic carbocycles. The van der Waals surface area contributed by atoms with Crippen LogP contribution in [0.15, 0.2) is 18.2 Å². The molecule has 4 heteroatoms. The third-order valence-corrected chi connectivity index (χ3v) is 3.11. The molecule has 0 heterocycles. The van der Waals surface area contributed by atoms with Gasteiger partial charge < -0.3 is 15.4 Å². The second-order valence-corrected chi connectivity index (χ2v) is 4.64. The molecular formula is C17H24N2O2. The summed E-state index contributed by atoms with van der Waals surface area (Å²) in [5.41, 5.74) is 7.86. The highest BCUT2D eigenvalue weighted by Gasteiger charge is 2.16. The molecule has 114 valence electrons. The topological polar surface area (TPSA) is 55.6 Å². The lowest BCUT2D eigenvalue weighted by molar-refractivity contribution is 0.0669. The van der Waals surface area contributed by atoms with Crippen molar-refractivity contribution in [2.24, 2.45) is 5.73 Å². The van der Waals surface area contributed by atoms with Crippen LogP contribution in [-0.2, 0) is 4.74 Å². The van der Waals surface area contributed by atoms with Crippen LogP contribution in [0.4, 0.5) is 0 Å². The lowest BCUT2D eigenvalue weighted by atomic mass is 10.0. The van der Waals surface area contributed by atoms with Crippen LogP contribution < -0.4 is 5.73 Å². The largest absolute Gasteiger partial charge is 0.380 e. The SMILES string of the molecule is CCOCCN(CC)C(=O)c1ccc(C)cc1C#CCN. The molecule has 1 amide bonds. The second kappa shape index (κ2) is 9.17. The molecule has 4 nitrogen and oxygen atoms in total. The number of hydrogen-bond acceptors (Lipinski definition) is 3. The lowest BCUT2D eigenvalue weighted by Gasteiger charge is -2.21. The maximum atomic E-state index is 12.6. The molecular weight excluding hydrogens is 264 g/mol. The smallest absolute Gasteiger partial charge is 0.255 e. The highest BCUT2D eigenvalue weighted by molar-refractivity contribution is 5.96. The van der Waals surface area contributed by atoms with Crippen molar-refractivity contribution < 1.29 is 9.53 Å². The molecule has 1 aromatic rings. The van der Waals surface area contributed by atoms with Crippen LogP contribution in [-0.4, -0.2) is 43.7 Å². The third kappa shape index (κ3) is 5.22. The number of nitrogens with zero attached hydrogens (tertiary/aromatic N) is 1. The Morgan fingerprint density at radius 2 is 2.14 bits per heavy atom. The van der Waals surface area contributed by atoms with Crippen molar-refractivity contribution in [1.82, 2.24) is 4.90 Å². The Morgan fingerprint density at radius 1 is 1.38 bits per heavy atom. The summed E-state index contributed by atoms with van der Waals surface area (Å²) in [5, 5.41) is 0. The van der Waals surface area contributed by atoms with Crippen LogP contribution in [0.5, 0.6) is 0 Å². The van der Waals surface area contributed by atoms with Gasteiger partial charge in [-0.25, -0.2) is 0 Å². The minimum Gasteiger partial charge on any atom is -0.380 e. The van der Waals surface area contributed by atoms with Gasteiger partial charge in [-0.1, -0.05) is 17.9 Å². The predicted octanol–water partition coefficient (Wildman–Crippen LogP) is 1.80. The van der Waals surface area contributed by atoms with Gasteiger partial charge in [-0.2, -0.15) is 0 Å². The normalized spacial score (nSPS) is 9.90. The standard InChI is InChI=1S/C17H24N2O2/c1-4-19(11-12-21-5-2)17(20)16-9-8-14(3)13-15(16)7-6-10-18/h8-9,13H,4-5,10-12,18H2,1-3H3. The van der Waals surface area contributed by atoms with E-state index in [1.54, 1.807) is 4.90 Å². The summed E-state index contributed by atoms with van der Waals surface area (Å²) in [6.45, 7) is 8.60. The number of carbonyl (C=O) groups excluding carboxylic acids is 1. The number of hydrogen-bond donors (Lipinski definition) is 1. The fraction of sp³-hybridized carbons (Fsp3) is 0.471. The molecule has 0 radical (unpaired) electrons. The Bertz CT molecular complexity index is 529. The average Bonchev–Trinajstić information content (AvgIpc) is 2.49. The average molecular weight is 288 g/mol. The van der Waals surface area contributed by atoms with Crippen LogP contribution in [0.3, 0.4) is 0 Å². The van der Waals surface area contributed by atoms with Gasteiger partial charge in [0.1, 0.15) is 0 Å². The van der Waals surface area contributed by atoms with Crippen LogP contribution >= 0.6 is 0 Å². The number of nitrogens with two attached hydrogens (primary N) is 1. The minimum atomic E-state index is -0.0153. The van der Waals surface area contributed by atoms with E-state index in [1.807, 2.05) is 39.0 Å². The van der Waals surface area contributed by atoms with Gasteiger partial charge in [0.2, 0.25) is 0 Å². The molecule has 0 bridgehead atoms. The van der Waals surface area contributed by atoms with E-state index in [1.165, 1.54) is 0 Å². The highest BCUT2D eigenvalue weighted by atomic mass is 16.5. The van der Waals surface area contributed by atoms with E-state index in [-0.39, 0.29) is 12.5 Å². The molecule has 2 N–H and O–H groups in total. The van der Waals surface area contributed by atoms with Gasteiger partial charge in [-0.05, 0) is 38.5 Å². The van der Waals surface area contributed by atoms with E-state index in [2.05, 4.69) is 11.8 Å². The Hall–Kier alpha value is -1.83. The molecule has 0 fully saturated rings. The molecule has 0 aliphatic heterocycles. The zero-order valence-corrected chi connectivity index (χ0v) is 13.1. The Kier molecular flexibility index (Phi) is 7.52. The van der Waals surface area contributed by atoms with E-state index in [9.17, 15) is 4.79 Å². The first-order valence-corrected chi connectivity index (χ1v) is 7.30. The van der Waals surface area contributed by atoms with E-state index >= 15 is 0 Å². The zero-order chi connectivity index (χ0) is 15.7. The van der Waals surface area contributed by atoms with Crippen LogP contribution in [0.25, 0.3) is 0 Å². The first-order valence-electron chi connectivity index (χ1n) is 7.30. The number of benzene rings is 1. The van der Waals surface area contributed by atoms with Crippen molar-refractivity contribution in [2.45, 2.75) is 20.8 Å². The molecule has 0 aliphatic carbocycles. The van der Waals surface area contributed by atoms with E-state index in [4.69, 9.17) is 10.5 Å². The molecule has 0 atom stereocenters. The second-order valence-electron chi connectivity index (χ2n) is 4.64. The maximum absolute atomic E-state index is 12.6. The van der Waals surface area contributed by atoms with Crippen LogP contribution in [0, 0.1) is 18.8 Å². The highest BCUT2D eigenvalue weighted by Crippen LogP contribution is 2.13. The number of likely N-dealkylation sites (N-methyl/N-ethyl adjacent to an activating group) is 1. The van der Waals surface area contributed by atoms with Gasteiger partial charge in [0.15, 0.2) is 0 Å². The molecule has 0 aromatic heterocycles. The number of ether oxygens (including phenoxy) is 1. The molecule has 0 saturated heterocycles. The number of carbonyl (C=O) groups is 1. The Labute approximate surface area is 127 Å². The number of amides is 1. The monoisotopic (exact) mass is 288 g/mol. The fourth-order valence-electron chi connectivity index (χ4n) is 1.99. The van der Waals surface area contributed by atoms with Crippen molar-refractivity contribution in [3.05, 3.63) is 34.9 Å². The quantitative estimate of drug-likeness (QED) is 0.641. The summed E-state index contributed by atoms with van der Waals surface area (Å²) in [5.74, 6) is 5.79. The van der Waals surface area contributed by atoms with Crippen molar-refractivity contribution in [3.63, 3.8) is 0 Å². The van der Waals surface area contributed by atoms with Gasteiger partial charge in [0.25, 0.3) is 5.91 Å². The molecule has 0 unspecified atom stereocenters. The lowest BCUT2D eigenvalue weighted by Crippen LogP contribution is -2.34. The third-order valence-electron chi connectivity index (χ3n) is 3.11. The summed E-state index contributed by atoms with van der Waals surface area (Å²) >= 11 is 0. The van der Waals surface area contributed by atoms with Crippen LogP contribution in [0.2, 0.25) is 0 Å². The first kappa shape index (κ1) is 17.2. The van der Waals surface area contributed by atoms with E-state index in [0.29, 0.717) is 31.9 Å². The van der Waals surface area contributed by atoms with Crippen molar-refractivity contribution in [2.75, 3.05) is 32.8 Å². The summed E-state index contributed by atoms with van der Waals surface area (Å²) in [6.07, 6.45) is 0. The van der Waals surface area contributed by atoms with Crippen molar-refractivity contribution in [3.8, 4) is 11.8 Å². The van der Waals surface area contributed by atoms with E-state index < -0.39 is 0 Å². The Morgan fingerprint density at radius 3 is 2.76 bits per heavy atom. The Balaban J connectivity index is 2.98. The summed E-state index contributed by atoms with van der Waals surface area (Å²) in [6, 6.07) is 5.69. The number of aryl methyl sites for hydroxylation is 1. The van der Waals surface area contributed by atoms with Gasteiger partial charge in [-0.15, -0.1) is 0 Å². The van der Waals surface area contributed by atoms with Gasteiger partial charge in [-0.3, -0.25) is 4.79 Å². The van der Waals surface area contributed by atoms with Gasteiger partial charge >= 0.3 is 0 Å². The summed E-state index contributed by atoms with van der Waals surface area (Å²) in [7, 11) is 0. The van der Waals surface area contributed by atoms with Crippen molar-refractivity contribution >= 4 is 5.91 Å². The predicted molar refractivity (Wildman–Crippen MR) is 85.2 cm³/mol. The summed E-state index contributed by atoms with van der Waals surface area (Å²) < 4.78 is 5.33. The molecule has 1 rings (SSSR count). The molecule has 0 spiro atoms. The van der Waals surface area contributed by atoms with Crippen molar-refractivity contribution in [1.29, 1.82) is 0 Å². The fourth-order valence-corrected chi connectivity index (χ4v) is 1.99. The molecule has 0 saturated carbocycles. The summed E-state index contributed by atoms with van der Waals surface area (Å²) in [4.78, 5) is 14.4. The molecule has 0 aliphatic rings. The van der Waals surface area contributed by atoms with Gasteiger partial charge in [0.05, 0.1) is 18.7 Å².